The van der Waals surface area contributed by atoms with Gasteiger partial charge in [0.05, 0.1) is 14.2 Å². The van der Waals surface area contributed by atoms with Gasteiger partial charge in [-0.25, -0.2) is 9.18 Å². The van der Waals surface area contributed by atoms with Gasteiger partial charge < -0.3 is 9.47 Å². The largest absolute Gasteiger partial charge is 0.496 e. The van der Waals surface area contributed by atoms with Gasteiger partial charge in [0, 0.05) is 11.6 Å². The average Bonchev–Trinajstić information content (AvgIpc) is 2.59. The second kappa shape index (κ2) is 7.58. The molecule has 3 nitrogen and oxygen atoms in total. The minimum Gasteiger partial charge on any atom is -0.496 e. The summed E-state index contributed by atoms with van der Waals surface area (Å²) in [6.45, 7) is 1.97. The van der Waals surface area contributed by atoms with Gasteiger partial charge in [-0.15, -0.1) is 0 Å². The number of carbonyl (C=O) groups excluding carboxylic acids is 1. The van der Waals surface area contributed by atoms with Crippen LogP contribution in [0.4, 0.5) is 4.39 Å². The molecule has 0 bridgehead atoms. The molecule has 0 saturated carbocycles. The van der Waals surface area contributed by atoms with Crippen LogP contribution in [0.3, 0.4) is 0 Å². The predicted molar refractivity (Wildman–Crippen MR) is 88.7 cm³/mol. The van der Waals surface area contributed by atoms with Crippen molar-refractivity contribution in [2.45, 2.75) is 13.3 Å². The van der Waals surface area contributed by atoms with Gasteiger partial charge in [-0.2, -0.15) is 0 Å². The van der Waals surface area contributed by atoms with Crippen LogP contribution in [0, 0.1) is 5.82 Å². The molecular formula is C19H19FO3. The summed E-state index contributed by atoms with van der Waals surface area (Å²) in [5, 5.41) is 0. The van der Waals surface area contributed by atoms with Crippen molar-refractivity contribution in [3.63, 3.8) is 0 Å². The molecule has 0 N–H and O–H groups in total. The zero-order valence-electron chi connectivity index (χ0n) is 13.4. The molecule has 0 aliphatic carbocycles. The smallest absolute Gasteiger partial charge is 0.330 e. The van der Waals surface area contributed by atoms with Crippen molar-refractivity contribution in [2.24, 2.45) is 0 Å². The molecule has 2 aromatic rings. The van der Waals surface area contributed by atoms with E-state index >= 15 is 0 Å². The van der Waals surface area contributed by atoms with Gasteiger partial charge in [0.25, 0.3) is 0 Å². The Morgan fingerprint density at radius 2 is 1.83 bits per heavy atom. The summed E-state index contributed by atoms with van der Waals surface area (Å²) in [5.41, 5.74) is 3.35. The van der Waals surface area contributed by atoms with E-state index in [0.717, 1.165) is 16.7 Å². The maximum atomic E-state index is 13.5. The molecule has 0 aromatic heterocycles. The monoisotopic (exact) mass is 314 g/mol. The van der Waals surface area contributed by atoms with E-state index in [-0.39, 0.29) is 11.8 Å². The molecule has 0 unspecified atom stereocenters. The van der Waals surface area contributed by atoms with E-state index < -0.39 is 0 Å². The molecule has 0 spiro atoms. The van der Waals surface area contributed by atoms with Gasteiger partial charge in [-0.3, -0.25) is 0 Å². The van der Waals surface area contributed by atoms with Crippen molar-refractivity contribution >= 4 is 11.5 Å². The predicted octanol–water partition coefficient (Wildman–Crippen LogP) is 4.47. The van der Waals surface area contributed by atoms with Crippen LogP contribution in [0.15, 0.2) is 48.5 Å². The molecule has 0 saturated heterocycles. The first-order valence-corrected chi connectivity index (χ1v) is 7.32. The Balaban J connectivity index is 2.38. The van der Waals surface area contributed by atoms with Crippen LogP contribution in [-0.2, 0) is 9.53 Å². The highest BCUT2D eigenvalue weighted by Crippen LogP contribution is 2.31. The fourth-order valence-electron chi connectivity index (χ4n) is 2.36. The summed E-state index contributed by atoms with van der Waals surface area (Å²) in [7, 11) is 2.91. The number of esters is 1. The summed E-state index contributed by atoms with van der Waals surface area (Å²) in [6.07, 6.45) is 2.19. The van der Waals surface area contributed by atoms with Crippen molar-refractivity contribution in [1.29, 1.82) is 0 Å². The summed E-state index contributed by atoms with van der Waals surface area (Å²) < 4.78 is 23.4. The standard InChI is InChI=1S/C19H19FO3/c1-4-13(11-19(21)23-3)14-5-7-15(8-6-14)17-12-16(20)9-10-18(17)22-2/h5-12H,4H2,1-3H3/b13-11+. The lowest BCUT2D eigenvalue weighted by Crippen LogP contribution is -1.97. The molecule has 0 atom stereocenters. The van der Waals surface area contributed by atoms with Crippen LogP contribution < -0.4 is 4.74 Å². The zero-order chi connectivity index (χ0) is 16.8. The number of methoxy groups -OCH3 is 2. The lowest BCUT2D eigenvalue weighted by molar-refractivity contribution is -0.134. The second-order valence-corrected chi connectivity index (χ2v) is 4.97. The Labute approximate surface area is 135 Å². The Morgan fingerprint density at radius 3 is 2.39 bits per heavy atom. The number of ether oxygens (including phenoxy) is 2. The topological polar surface area (TPSA) is 35.5 Å². The molecule has 120 valence electrons. The first kappa shape index (κ1) is 16.7. The summed E-state index contributed by atoms with van der Waals surface area (Å²) in [5.74, 6) is -0.0811. The molecule has 23 heavy (non-hydrogen) atoms. The molecular weight excluding hydrogens is 295 g/mol. The summed E-state index contributed by atoms with van der Waals surface area (Å²) in [4.78, 5) is 11.4. The van der Waals surface area contributed by atoms with Gasteiger partial charge in [-0.1, -0.05) is 31.2 Å². The first-order valence-electron chi connectivity index (χ1n) is 7.32. The van der Waals surface area contributed by atoms with Crippen molar-refractivity contribution in [3.05, 3.63) is 59.9 Å². The maximum absolute atomic E-state index is 13.5. The Morgan fingerprint density at radius 1 is 1.13 bits per heavy atom. The maximum Gasteiger partial charge on any atom is 0.330 e. The van der Waals surface area contributed by atoms with Crippen LogP contribution in [0.2, 0.25) is 0 Å². The van der Waals surface area contributed by atoms with Crippen LogP contribution in [0.5, 0.6) is 5.75 Å². The third kappa shape index (κ3) is 3.97. The lowest BCUT2D eigenvalue weighted by Gasteiger charge is -2.10. The van der Waals surface area contributed by atoms with E-state index in [2.05, 4.69) is 4.74 Å². The van der Waals surface area contributed by atoms with E-state index in [9.17, 15) is 9.18 Å². The minimum atomic E-state index is -0.377. The van der Waals surface area contributed by atoms with Gasteiger partial charge in [0.15, 0.2) is 0 Å². The zero-order valence-corrected chi connectivity index (χ0v) is 13.4. The Bertz CT molecular complexity index is 718. The van der Waals surface area contributed by atoms with Crippen LogP contribution in [0.1, 0.15) is 18.9 Å². The van der Waals surface area contributed by atoms with Crippen molar-refractivity contribution in [3.8, 4) is 16.9 Å². The SMILES string of the molecule is CC/C(=C\C(=O)OC)c1ccc(-c2cc(F)ccc2OC)cc1. The number of benzene rings is 2. The number of hydrogen-bond acceptors (Lipinski definition) is 3. The van der Waals surface area contributed by atoms with Gasteiger partial charge in [0.1, 0.15) is 11.6 Å². The first-order chi connectivity index (χ1) is 11.1. The highest BCUT2D eigenvalue weighted by molar-refractivity contribution is 5.91. The Hall–Kier alpha value is -2.62. The third-order valence-electron chi connectivity index (χ3n) is 3.60. The summed E-state index contributed by atoms with van der Waals surface area (Å²) in [6, 6.07) is 12.0. The number of halogens is 1. The second-order valence-electron chi connectivity index (χ2n) is 4.97. The van der Waals surface area contributed by atoms with Crippen molar-refractivity contribution < 1.29 is 18.7 Å². The minimum absolute atomic E-state index is 0.315. The molecule has 0 aliphatic heterocycles. The van der Waals surface area contributed by atoms with Crippen LogP contribution >= 0.6 is 0 Å². The van der Waals surface area contributed by atoms with Crippen molar-refractivity contribution in [2.75, 3.05) is 14.2 Å². The molecule has 0 heterocycles. The molecule has 0 fully saturated rings. The van der Waals surface area contributed by atoms with Crippen LogP contribution in [-0.4, -0.2) is 20.2 Å². The highest BCUT2D eigenvalue weighted by atomic mass is 19.1. The fraction of sp³-hybridized carbons (Fsp3) is 0.211. The highest BCUT2D eigenvalue weighted by Gasteiger charge is 2.09. The van der Waals surface area contributed by atoms with Crippen LogP contribution in [0.25, 0.3) is 16.7 Å². The third-order valence-corrected chi connectivity index (χ3v) is 3.60. The van der Waals surface area contributed by atoms with Gasteiger partial charge in [0.2, 0.25) is 0 Å². The molecule has 2 rings (SSSR count). The number of carbonyl (C=O) groups is 1. The quantitative estimate of drug-likeness (QED) is 0.603. The van der Waals surface area contributed by atoms with Gasteiger partial charge >= 0.3 is 5.97 Å². The molecule has 2 aromatic carbocycles. The normalized spacial score (nSPS) is 11.2. The van der Waals surface area contributed by atoms with E-state index in [0.29, 0.717) is 17.7 Å². The molecule has 4 heteroatoms. The number of hydrogen-bond donors (Lipinski definition) is 0. The number of allylic oxidation sites excluding steroid dienone is 1. The molecule has 0 radical (unpaired) electrons. The van der Waals surface area contributed by atoms with Gasteiger partial charge in [-0.05, 0) is 41.3 Å². The lowest BCUT2D eigenvalue weighted by atomic mass is 9.98. The molecule has 0 aliphatic rings. The average molecular weight is 314 g/mol. The Kier molecular flexibility index (Phi) is 5.52. The van der Waals surface area contributed by atoms with E-state index in [1.54, 1.807) is 13.2 Å². The summed E-state index contributed by atoms with van der Waals surface area (Å²) >= 11 is 0. The van der Waals surface area contributed by atoms with E-state index in [1.165, 1.54) is 25.3 Å². The van der Waals surface area contributed by atoms with E-state index in [1.807, 2.05) is 31.2 Å². The van der Waals surface area contributed by atoms with E-state index in [4.69, 9.17) is 4.74 Å². The van der Waals surface area contributed by atoms with Crippen molar-refractivity contribution in [1.82, 2.24) is 0 Å². The fourth-order valence-corrected chi connectivity index (χ4v) is 2.36. The molecule has 0 amide bonds. The number of rotatable bonds is 5.